The molecule has 1 aromatic heterocycles. The number of benzene rings is 1. The lowest BCUT2D eigenvalue weighted by Crippen LogP contribution is -2.36. The van der Waals surface area contributed by atoms with E-state index in [1.807, 2.05) is 26.0 Å². The van der Waals surface area contributed by atoms with Gasteiger partial charge in [0.25, 0.3) is 11.8 Å². The first-order valence-corrected chi connectivity index (χ1v) is 8.47. The average molecular weight is 338 g/mol. The number of hydrogen-bond donors (Lipinski definition) is 1. The Balaban J connectivity index is 1.85. The van der Waals surface area contributed by atoms with Gasteiger partial charge in [0.1, 0.15) is 11.5 Å². The molecule has 130 valence electrons. The van der Waals surface area contributed by atoms with Gasteiger partial charge in [-0.2, -0.15) is 0 Å². The molecule has 1 aromatic carbocycles. The molecule has 5 nitrogen and oxygen atoms in total. The molecular weight excluding hydrogens is 316 g/mol. The van der Waals surface area contributed by atoms with E-state index < -0.39 is 0 Å². The summed E-state index contributed by atoms with van der Waals surface area (Å²) >= 11 is 0. The molecule has 1 aliphatic heterocycles. The van der Waals surface area contributed by atoms with Crippen LogP contribution in [0.15, 0.2) is 46.7 Å². The van der Waals surface area contributed by atoms with Gasteiger partial charge in [0.15, 0.2) is 0 Å². The number of hydrogen-bond acceptors (Lipinski definition) is 3. The van der Waals surface area contributed by atoms with Crippen molar-refractivity contribution in [1.29, 1.82) is 0 Å². The second-order valence-electron chi connectivity index (χ2n) is 6.33. The molecule has 0 spiro atoms. The van der Waals surface area contributed by atoms with Gasteiger partial charge in [-0.15, -0.1) is 0 Å². The van der Waals surface area contributed by atoms with Gasteiger partial charge in [-0.25, -0.2) is 0 Å². The number of amides is 2. The number of furan rings is 1. The predicted octanol–water partition coefficient (Wildman–Crippen LogP) is 3.29. The van der Waals surface area contributed by atoms with Gasteiger partial charge >= 0.3 is 0 Å². The maximum atomic E-state index is 12.8. The van der Waals surface area contributed by atoms with Gasteiger partial charge in [0.05, 0.1) is 6.26 Å². The van der Waals surface area contributed by atoms with Gasteiger partial charge in [-0.1, -0.05) is 6.07 Å². The lowest BCUT2D eigenvalue weighted by molar-refractivity contribution is -0.126. The summed E-state index contributed by atoms with van der Waals surface area (Å²) in [6, 6.07) is 8.99. The standard InChI is InChI=1S/C20H22N2O3/c1-14-7-8-16(12-15(14)2)19(23)21-18(13-17-6-5-11-25-17)20(24)22-9-3-4-10-22/h5-8,11-13H,3-4,9-10H2,1-2H3,(H,21,23). The van der Waals surface area contributed by atoms with Crippen molar-refractivity contribution in [2.45, 2.75) is 26.7 Å². The van der Waals surface area contributed by atoms with E-state index in [0.29, 0.717) is 24.4 Å². The summed E-state index contributed by atoms with van der Waals surface area (Å²) in [7, 11) is 0. The average Bonchev–Trinajstić information content (AvgIpc) is 3.29. The number of carbonyl (C=O) groups excluding carboxylic acids is 2. The first-order valence-electron chi connectivity index (χ1n) is 8.47. The Morgan fingerprint density at radius 1 is 1.12 bits per heavy atom. The highest BCUT2D eigenvalue weighted by molar-refractivity contribution is 6.05. The normalized spacial score (nSPS) is 14.6. The van der Waals surface area contributed by atoms with Crippen LogP contribution in [0.4, 0.5) is 0 Å². The minimum atomic E-state index is -0.298. The highest BCUT2D eigenvalue weighted by Crippen LogP contribution is 2.15. The highest BCUT2D eigenvalue weighted by atomic mass is 16.3. The van der Waals surface area contributed by atoms with Crippen molar-refractivity contribution in [3.63, 3.8) is 0 Å². The van der Waals surface area contributed by atoms with Crippen LogP contribution in [0.25, 0.3) is 6.08 Å². The molecule has 25 heavy (non-hydrogen) atoms. The van der Waals surface area contributed by atoms with Crippen molar-refractivity contribution >= 4 is 17.9 Å². The first-order chi connectivity index (χ1) is 12.0. The van der Waals surface area contributed by atoms with Crippen LogP contribution < -0.4 is 5.32 Å². The third-order valence-electron chi connectivity index (χ3n) is 4.47. The number of likely N-dealkylation sites (tertiary alicyclic amines) is 1. The van der Waals surface area contributed by atoms with E-state index in [1.54, 1.807) is 29.2 Å². The molecule has 1 N–H and O–H groups in total. The maximum absolute atomic E-state index is 12.8. The van der Waals surface area contributed by atoms with Crippen molar-refractivity contribution in [1.82, 2.24) is 10.2 Å². The number of aryl methyl sites for hydroxylation is 2. The van der Waals surface area contributed by atoms with Crippen LogP contribution in [0.5, 0.6) is 0 Å². The monoisotopic (exact) mass is 338 g/mol. The molecule has 1 fully saturated rings. The molecule has 1 aliphatic rings. The lowest BCUT2D eigenvalue weighted by atomic mass is 10.1. The van der Waals surface area contributed by atoms with Gasteiger partial charge in [-0.3, -0.25) is 9.59 Å². The van der Waals surface area contributed by atoms with Crippen LogP contribution in [-0.2, 0) is 4.79 Å². The summed E-state index contributed by atoms with van der Waals surface area (Å²) in [5, 5.41) is 2.77. The van der Waals surface area contributed by atoms with Crippen LogP contribution in [-0.4, -0.2) is 29.8 Å². The molecule has 0 aliphatic carbocycles. The topological polar surface area (TPSA) is 62.6 Å². The van der Waals surface area contributed by atoms with E-state index in [-0.39, 0.29) is 17.5 Å². The fourth-order valence-electron chi connectivity index (χ4n) is 2.83. The summed E-state index contributed by atoms with van der Waals surface area (Å²) in [4.78, 5) is 27.1. The third kappa shape index (κ3) is 3.99. The zero-order valence-electron chi connectivity index (χ0n) is 14.5. The zero-order chi connectivity index (χ0) is 17.8. The van der Waals surface area contributed by atoms with E-state index in [1.165, 1.54) is 6.26 Å². The number of carbonyl (C=O) groups is 2. The molecule has 2 amide bonds. The first kappa shape index (κ1) is 17.0. The highest BCUT2D eigenvalue weighted by Gasteiger charge is 2.23. The largest absolute Gasteiger partial charge is 0.465 e. The molecule has 0 radical (unpaired) electrons. The molecule has 3 rings (SSSR count). The minimum absolute atomic E-state index is 0.175. The van der Waals surface area contributed by atoms with E-state index in [0.717, 1.165) is 24.0 Å². The molecule has 2 aromatic rings. The second kappa shape index (κ2) is 7.38. The Hall–Kier alpha value is -2.82. The van der Waals surface area contributed by atoms with Gasteiger partial charge < -0.3 is 14.6 Å². The molecule has 5 heteroatoms. The summed E-state index contributed by atoms with van der Waals surface area (Å²) in [5.74, 6) is 0.0578. The molecule has 1 saturated heterocycles. The Labute approximate surface area is 147 Å². The van der Waals surface area contributed by atoms with Crippen molar-refractivity contribution in [2.24, 2.45) is 0 Å². The van der Waals surface area contributed by atoms with E-state index in [4.69, 9.17) is 4.42 Å². The van der Waals surface area contributed by atoms with Gasteiger partial charge in [0.2, 0.25) is 0 Å². The van der Waals surface area contributed by atoms with Gasteiger partial charge in [-0.05, 0) is 62.1 Å². The van der Waals surface area contributed by atoms with Crippen molar-refractivity contribution in [2.75, 3.05) is 13.1 Å². The molecule has 0 bridgehead atoms. The Kier molecular flexibility index (Phi) is 5.03. The van der Waals surface area contributed by atoms with Crippen LogP contribution in [0.3, 0.4) is 0 Å². The molecular formula is C20H22N2O3. The van der Waals surface area contributed by atoms with Crippen LogP contribution in [0.2, 0.25) is 0 Å². The SMILES string of the molecule is Cc1ccc(C(=O)NC(=Cc2ccco2)C(=O)N2CCCC2)cc1C. The molecule has 0 saturated carbocycles. The van der Waals surface area contributed by atoms with Crippen LogP contribution in [0.1, 0.15) is 40.1 Å². The molecule has 0 unspecified atom stereocenters. The fourth-order valence-corrected chi connectivity index (χ4v) is 2.83. The van der Waals surface area contributed by atoms with E-state index in [9.17, 15) is 9.59 Å². The Bertz CT molecular complexity index is 800. The summed E-state index contributed by atoms with van der Waals surface area (Å²) < 4.78 is 5.30. The van der Waals surface area contributed by atoms with Crippen LogP contribution >= 0.6 is 0 Å². The summed E-state index contributed by atoms with van der Waals surface area (Å²) in [5.41, 5.74) is 2.92. The summed E-state index contributed by atoms with van der Waals surface area (Å²) in [6.45, 7) is 5.39. The maximum Gasteiger partial charge on any atom is 0.270 e. The quantitative estimate of drug-likeness (QED) is 0.870. The van der Waals surface area contributed by atoms with Crippen LogP contribution in [0, 0.1) is 13.8 Å². The number of rotatable bonds is 4. The third-order valence-corrected chi connectivity index (χ3v) is 4.47. The smallest absolute Gasteiger partial charge is 0.270 e. The molecule has 0 atom stereocenters. The minimum Gasteiger partial charge on any atom is -0.465 e. The lowest BCUT2D eigenvalue weighted by Gasteiger charge is -2.18. The Morgan fingerprint density at radius 3 is 2.52 bits per heavy atom. The van der Waals surface area contributed by atoms with Crippen molar-refractivity contribution < 1.29 is 14.0 Å². The number of nitrogens with zero attached hydrogens (tertiary/aromatic N) is 1. The van der Waals surface area contributed by atoms with Gasteiger partial charge in [0, 0.05) is 24.7 Å². The zero-order valence-corrected chi connectivity index (χ0v) is 14.5. The second-order valence-corrected chi connectivity index (χ2v) is 6.33. The van der Waals surface area contributed by atoms with Crippen molar-refractivity contribution in [3.05, 3.63) is 64.7 Å². The molecule has 2 heterocycles. The number of nitrogens with one attached hydrogen (secondary N) is 1. The summed E-state index contributed by atoms with van der Waals surface area (Å²) in [6.07, 6.45) is 5.10. The van der Waals surface area contributed by atoms with Crippen molar-refractivity contribution in [3.8, 4) is 0 Å². The van der Waals surface area contributed by atoms with E-state index >= 15 is 0 Å². The fraction of sp³-hybridized carbons (Fsp3) is 0.300. The predicted molar refractivity (Wildman–Crippen MR) is 95.9 cm³/mol. The Morgan fingerprint density at radius 2 is 1.88 bits per heavy atom. The van der Waals surface area contributed by atoms with E-state index in [2.05, 4.69) is 5.32 Å².